The number of nitrogens with one attached hydrogen (secondary N) is 1. The van der Waals surface area contributed by atoms with Gasteiger partial charge in [0.2, 0.25) is 15.9 Å². The number of rotatable bonds is 9. The second-order valence-corrected chi connectivity index (χ2v) is 10.6. The lowest BCUT2D eigenvalue weighted by Crippen LogP contribution is -2.42. The number of pyridine rings is 2. The zero-order chi connectivity index (χ0) is 29.1. The molecule has 0 radical (unpaired) electrons. The Morgan fingerprint density at radius 1 is 1.10 bits per heavy atom. The zero-order valence-electron chi connectivity index (χ0n) is 21.3. The molecule has 39 heavy (non-hydrogen) atoms. The second kappa shape index (κ2) is 11.5. The Balaban J connectivity index is 2.20. The molecule has 12 heteroatoms. The highest BCUT2D eigenvalue weighted by molar-refractivity contribution is 7.89. The molecule has 2 heterocycles. The van der Waals surface area contributed by atoms with Crippen LogP contribution in [-0.2, 0) is 21.2 Å². The largest absolute Gasteiger partial charge is 0.404 e. The topological polar surface area (TPSA) is 115 Å². The maximum atomic E-state index is 14.6. The first-order valence-corrected chi connectivity index (χ1v) is 13.0. The number of primary amides is 1. The van der Waals surface area contributed by atoms with Gasteiger partial charge in [0, 0.05) is 24.2 Å². The van der Waals surface area contributed by atoms with E-state index < -0.39 is 38.9 Å². The first kappa shape index (κ1) is 29.7. The molecule has 1 unspecified atom stereocenters. The van der Waals surface area contributed by atoms with Gasteiger partial charge in [-0.15, -0.1) is 0 Å². The number of hydrogen-bond donors (Lipinski definition) is 2. The van der Waals surface area contributed by atoms with Crippen LogP contribution in [-0.4, -0.2) is 36.5 Å². The number of aryl methyl sites for hydroxylation is 2. The van der Waals surface area contributed by atoms with Gasteiger partial charge in [0.05, 0.1) is 11.3 Å². The standard InChI is InChI=1S/C27H26F4N4O3S/c1-15-10-16(2)22(28)12-21(15)25(26(32)36)24(17(3)11-19-6-5-9-33-13-19)23-8-7-20(14-34-23)39(37,38)35-18(4)27(29,30)31/h5-10,12-14,18,35H,3,11H2,1-2,4H3,(H2,32,36). The third kappa shape index (κ3) is 6.95. The van der Waals surface area contributed by atoms with Crippen molar-refractivity contribution >= 4 is 27.1 Å². The number of nitrogens with two attached hydrogens (primary N) is 1. The van der Waals surface area contributed by atoms with E-state index in [2.05, 4.69) is 16.5 Å². The molecule has 0 aliphatic carbocycles. The second-order valence-electron chi connectivity index (χ2n) is 8.94. The molecule has 2 aromatic heterocycles. The lowest BCUT2D eigenvalue weighted by molar-refractivity contribution is -0.147. The Labute approximate surface area is 223 Å². The van der Waals surface area contributed by atoms with E-state index in [1.807, 2.05) is 0 Å². The number of halogens is 4. The number of alkyl halides is 3. The van der Waals surface area contributed by atoms with Gasteiger partial charge in [-0.2, -0.15) is 17.9 Å². The van der Waals surface area contributed by atoms with Crippen LogP contribution in [0.15, 0.2) is 72.0 Å². The monoisotopic (exact) mass is 562 g/mol. The van der Waals surface area contributed by atoms with Crippen LogP contribution in [0.4, 0.5) is 17.6 Å². The summed E-state index contributed by atoms with van der Waals surface area (Å²) in [5.74, 6) is -1.49. The number of nitrogens with zero attached hydrogens (tertiary/aromatic N) is 2. The number of aromatic nitrogens is 2. The van der Waals surface area contributed by atoms with Gasteiger partial charge in [-0.3, -0.25) is 14.8 Å². The van der Waals surface area contributed by atoms with Crippen molar-refractivity contribution in [2.75, 3.05) is 0 Å². The van der Waals surface area contributed by atoms with Crippen molar-refractivity contribution in [2.24, 2.45) is 5.73 Å². The zero-order valence-corrected chi connectivity index (χ0v) is 22.1. The summed E-state index contributed by atoms with van der Waals surface area (Å²) in [5.41, 5.74) is 7.99. The molecule has 3 rings (SSSR count). The molecule has 206 valence electrons. The molecule has 0 bridgehead atoms. The molecule has 1 atom stereocenters. The minimum Gasteiger partial charge on any atom is -0.366 e. The summed E-state index contributed by atoms with van der Waals surface area (Å²) in [6, 6.07) is 6.12. The van der Waals surface area contributed by atoms with E-state index in [9.17, 15) is 30.8 Å². The van der Waals surface area contributed by atoms with Crippen LogP contribution in [0.1, 0.15) is 34.9 Å². The molecule has 0 saturated carbocycles. The highest BCUT2D eigenvalue weighted by Crippen LogP contribution is 2.35. The summed E-state index contributed by atoms with van der Waals surface area (Å²) in [7, 11) is -4.58. The molecule has 1 amide bonds. The Kier molecular flexibility index (Phi) is 8.71. The Morgan fingerprint density at radius 2 is 1.79 bits per heavy atom. The minimum absolute atomic E-state index is 0.0564. The van der Waals surface area contributed by atoms with E-state index in [-0.39, 0.29) is 28.8 Å². The third-order valence-electron chi connectivity index (χ3n) is 5.89. The number of allylic oxidation sites excluding steroid dienone is 2. The summed E-state index contributed by atoms with van der Waals surface area (Å²) < 4.78 is 79.9. The number of amides is 1. The van der Waals surface area contributed by atoms with Crippen LogP contribution >= 0.6 is 0 Å². The van der Waals surface area contributed by atoms with E-state index in [0.29, 0.717) is 23.6 Å². The highest BCUT2D eigenvalue weighted by atomic mass is 32.2. The van der Waals surface area contributed by atoms with Gasteiger partial charge >= 0.3 is 6.18 Å². The van der Waals surface area contributed by atoms with Crippen LogP contribution in [0.2, 0.25) is 0 Å². The smallest absolute Gasteiger partial charge is 0.366 e. The molecular formula is C27H26F4N4O3S. The van der Waals surface area contributed by atoms with Crippen LogP contribution in [0.3, 0.4) is 0 Å². The Morgan fingerprint density at radius 3 is 2.33 bits per heavy atom. The van der Waals surface area contributed by atoms with Crippen LogP contribution in [0.25, 0.3) is 11.1 Å². The predicted octanol–water partition coefficient (Wildman–Crippen LogP) is 4.66. The van der Waals surface area contributed by atoms with Gasteiger partial charge in [0.1, 0.15) is 16.8 Å². The molecule has 0 saturated heterocycles. The van der Waals surface area contributed by atoms with E-state index in [4.69, 9.17) is 5.73 Å². The lowest BCUT2D eigenvalue weighted by Gasteiger charge is -2.19. The number of carbonyl (C=O) groups excluding carboxylic acids is 1. The summed E-state index contributed by atoms with van der Waals surface area (Å²) in [6.07, 6.45) is -0.595. The predicted molar refractivity (Wildman–Crippen MR) is 139 cm³/mol. The van der Waals surface area contributed by atoms with E-state index in [1.54, 1.807) is 49.2 Å². The quantitative estimate of drug-likeness (QED) is 0.224. The van der Waals surface area contributed by atoms with E-state index >= 15 is 0 Å². The first-order chi connectivity index (χ1) is 18.1. The molecule has 3 N–H and O–H groups in total. The van der Waals surface area contributed by atoms with Crippen molar-refractivity contribution < 1.29 is 30.8 Å². The Hall–Kier alpha value is -3.90. The van der Waals surface area contributed by atoms with Gasteiger partial charge in [0.15, 0.2) is 0 Å². The molecular weight excluding hydrogens is 536 g/mol. The van der Waals surface area contributed by atoms with Gasteiger partial charge in [0.25, 0.3) is 0 Å². The van der Waals surface area contributed by atoms with Gasteiger partial charge in [-0.05, 0) is 79.3 Å². The Bertz CT molecular complexity index is 1540. The molecule has 7 nitrogen and oxygen atoms in total. The van der Waals surface area contributed by atoms with Crippen molar-refractivity contribution in [1.82, 2.24) is 14.7 Å². The summed E-state index contributed by atoms with van der Waals surface area (Å²) >= 11 is 0. The molecule has 0 aliphatic rings. The minimum atomic E-state index is -4.79. The highest BCUT2D eigenvalue weighted by Gasteiger charge is 2.39. The van der Waals surface area contributed by atoms with Crippen LogP contribution < -0.4 is 10.5 Å². The normalized spacial score (nSPS) is 13.5. The summed E-state index contributed by atoms with van der Waals surface area (Å²) in [6.45, 7) is 7.99. The molecule has 0 aliphatic heterocycles. The van der Waals surface area contributed by atoms with Crippen LogP contribution in [0.5, 0.6) is 0 Å². The van der Waals surface area contributed by atoms with Crippen molar-refractivity contribution in [2.45, 2.75) is 44.3 Å². The fraction of sp³-hybridized carbons (Fsp3) is 0.222. The maximum Gasteiger partial charge on any atom is 0.404 e. The average molecular weight is 563 g/mol. The van der Waals surface area contributed by atoms with Crippen molar-refractivity contribution in [1.29, 1.82) is 0 Å². The fourth-order valence-corrected chi connectivity index (χ4v) is 5.04. The van der Waals surface area contributed by atoms with Gasteiger partial charge in [-0.25, -0.2) is 12.8 Å². The summed E-state index contributed by atoms with van der Waals surface area (Å²) in [4.78, 5) is 20.5. The van der Waals surface area contributed by atoms with Crippen molar-refractivity contribution in [3.05, 3.63) is 101 Å². The average Bonchev–Trinajstić information content (AvgIpc) is 2.84. The van der Waals surface area contributed by atoms with Crippen LogP contribution in [0, 0.1) is 19.7 Å². The van der Waals surface area contributed by atoms with Gasteiger partial charge in [-0.1, -0.05) is 18.7 Å². The number of carbonyl (C=O) groups is 1. The molecule has 0 spiro atoms. The SMILES string of the molecule is C=C(Cc1cccnc1)C(=C(C(N)=O)c1cc(F)c(C)cc1C)c1ccc(S(=O)(=O)NC(C)C(F)(F)F)cn1. The first-order valence-electron chi connectivity index (χ1n) is 11.6. The third-order valence-corrected chi connectivity index (χ3v) is 7.42. The lowest BCUT2D eigenvalue weighted by atomic mass is 9.87. The summed E-state index contributed by atoms with van der Waals surface area (Å²) in [5, 5.41) is 0. The van der Waals surface area contributed by atoms with Crippen molar-refractivity contribution in [3.8, 4) is 0 Å². The molecule has 0 fully saturated rings. The molecule has 3 aromatic rings. The fourth-order valence-electron chi connectivity index (χ4n) is 3.86. The number of benzene rings is 1. The van der Waals surface area contributed by atoms with E-state index in [0.717, 1.165) is 17.8 Å². The maximum absolute atomic E-state index is 14.6. The van der Waals surface area contributed by atoms with E-state index in [1.165, 1.54) is 12.1 Å². The van der Waals surface area contributed by atoms with Gasteiger partial charge < -0.3 is 5.73 Å². The number of sulfonamides is 1. The number of hydrogen-bond acceptors (Lipinski definition) is 5. The van der Waals surface area contributed by atoms with Crippen molar-refractivity contribution in [3.63, 3.8) is 0 Å². The molecule has 1 aromatic carbocycles.